The number of hydrogen-bond donors (Lipinski definition) is 1. The molecule has 0 unspecified atom stereocenters. The number of likely N-dealkylation sites (tertiary alicyclic amines) is 1. The minimum absolute atomic E-state index is 0. The van der Waals surface area contributed by atoms with E-state index in [4.69, 9.17) is 4.42 Å². The second-order valence-electron chi connectivity index (χ2n) is 6.85. The van der Waals surface area contributed by atoms with Gasteiger partial charge < -0.3 is 14.6 Å². The minimum atomic E-state index is -0.0184. The Morgan fingerprint density at radius 3 is 2.44 bits per heavy atom. The van der Waals surface area contributed by atoms with E-state index in [9.17, 15) is 4.79 Å². The minimum Gasteiger partial charge on any atom is -0.431 e. The van der Waals surface area contributed by atoms with Crippen molar-refractivity contribution in [3.8, 4) is 11.5 Å². The van der Waals surface area contributed by atoms with Crippen LogP contribution in [0, 0.1) is 18.8 Å². The molecule has 2 aromatic rings. The van der Waals surface area contributed by atoms with Crippen LogP contribution in [-0.4, -0.2) is 42.0 Å². The average Bonchev–Trinajstić information content (AvgIpc) is 3.17. The Kier molecular flexibility index (Phi) is 5.45. The summed E-state index contributed by atoms with van der Waals surface area (Å²) in [5.41, 5.74) is 1.57. The van der Waals surface area contributed by atoms with Crippen LogP contribution in [0.25, 0.3) is 11.5 Å². The molecule has 2 atom stereocenters. The highest BCUT2D eigenvalue weighted by Crippen LogP contribution is 2.29. The summed E-state index contributed by atoms with van der Waals surface area (Å²) in [5.74, 6) is 2.30. The summed E-state index contributed by atoms with van der Waals surface area (Å²) in [4.78, 5) is 19.3. The number of fused-ring (bicyclic) bond motifs is 1. The number of hydrogen-bond acceptors (Lipinski definition) is 4. The summed E-state index contributed by atoms with van der Waals surface area (Å²) in [5, 5.41) is 3.47. The molecule has 1 aromatic carbocycles. The van der Waals surface area contributed by atoms with Gasteiger partial charge in [-0.15, -0.1) is 12.4 Å². The zero-order valence-corrected chi connectivity index (χ0v) is 15.2. The van der Waals surface area contributed by atoms with Crippen LogP contribution < -0.4 is 5.32 Å². The number of halogens is 1. The van der Waals surface area contributed by atoms with E-state index >= 15 is 0 Å². The van der Waals surface area contributed by atoms with E-state index in [-0.39, 0.29) is 18.3 Å². The number of nitrogens with one attached hydrogen (secondary N) is 1. The summed E-state index contributed by atoms with van der Waals surface area (Å²) in [6.45, 7) is 5.64. The maximum absolute atomic E-state index is 12.9. The molecule has 2 aliphatic rings. The molecule has 1 aromatic heterocycles. The third-order valence-corrected chi connectivity index (χ3v) is 5.32. The number of amides is 1. The van der Waals surface area contributed by atoms with E-state index in [0.717, 1.165) is 44.6 Å². The van der Waals surface area contributed by atoms with Gasteiger partial charge >= 0.3 is 0 Å². The molecule has 25 heavy (non-hydrogen) atoms. The van der Waals surface area contributed by atoms with Crippen molar-refractivity contribution in [1.82, 2.24) is 15.2 Å². The molecule has 2 saturated heterocycles. The highest BCUT2D eigenvalue weighted by Gasteiger charge is 2.33. The Labute approximate surface area is 154 Å². The maximum Gasteiger partial charge on any atom is 0.291 e. The van der Waals surface area contributed by atoms with Crippen molar-refractivity contribution in [3.05, 3.63) is 41.8 Å². The highest BCUT2D eigenvalue weighted by atomic mass is 35.5. The Morgan fingerprint density at radius 2 is 1.80 bits per heavy atom. The van der Waals surface area contributed by atoms with Crippen molar-refractivity contribution < 1.29 is 9.21 Å². The number of carbonyl (C=O) groups is 1. The molecule has 5 nitrogen and oxygen atoms in total. The van der Waals surface area contributed by atoms with Crippen LogP contribution in [0.5, 0.6) is 0 Å². The van der Waals surface area contributed by atoms with Crippen LogP contribution in [0.4, 0.5) is 0 Å². The molecule has 6 heteroatoms. The molecular formula is C19H24ClN3O2. The van der Waals surface area contributed by atoms with E-state index in [1.165, 1.54) is 0 Å². The topological polar surface area (TPSA) is 58.4 Å². The third-order valence-electron chi connectivity index (χ3n) is 5.32. The van der Waals surface area contributed by atoms with Gasteiger partial charge in [-0.1, -0.05) is 18.2 Å². The molecule has 1 N–H and O–H groups in total. The molecule has 0 radical (unpaired) electrons. The summed E-state index contributed by atoms with van der Waals surface area (Å²) < 4.78 is 5.84. The number of carbonyl (C=O) groups excluding carboxylic acids is 1. The number of nitrogens with zero attached hydrogens (tertiary/aromatic N) is 2. The Morgan fingerprint density at radius 1 is 1.16 bits per heavy atom. The van der Waals surface area contributed by atoms with Gasteiger partial charge in [-0.05, 0) is 56.8 Å². The first kappa shape index (κ1) is 18.0. The van der Waals surface area contributed by atoms with Crippen LogP contribution >= 0.6 is 12.4 Å². The lowest BCUT2D eigenvalue weighted by Crippen LogP contribution is -2.32. The normalized spacial score (nSPS) is 22.8. The molecule has 3 heterocycles. The zero-order chi connectivity index (χ0) is 16.5. The SMILES string of the molecule is Cc1nc(-c2ccccc2)oc1C(=O)N1CC[C@@H]2CNC[C@@H]2CC1.Cl. The van der Waals surface area contributed by atoms with Gasteiger partial charge in [-0.3, -0.25) is 4.79 Å². The van der Waals surface area contributed by atoms with Gasteiger partial charge in [0, 0.05) is 18.7 Å². The predicted molar refractivity (Wildman–Crippen MR) is 98.9 cm³/mol. The second kappa shape index (κ2) is 7.58. The molecule has 4 rings (SSSR count). The maximum atomic E-state index is 12.9. The largest absolute Gasteiger partial charge is 0.431 e. The molecule has 0 spiro atoms. The van der Waals surface area contributed by atoms with Gasteiger partial charge in [-0.2, -0.15) is 0 Å². The van der Waals surface area contributed by atoms with Crippen LogP contribution in [0.15, 0.2) is 34.7 Å². The summed E-state index contributed by atoms with van der Waals surface area (Å²) in [7, 11) is 0. The number of benzene rings is 1. The number of oxazole rings is 1. The van der Waals surface area contributed by atoms with Crippen molar-refractivity contribution in [2.24, 2.45) is 11.8 Å². The van der Waals surface area contributed by atoms with Gasteiger partial charge in [0.25, 0.3) is 5.91 Å². The third kappa shape index (κ3) is 3.58. The van der Waals surface area contributed by atoms with E-state index in [1.807, 2.05) is 42.2 Å². The zero-order valence-electron chi connectivity index (χ0n) is 14.4. The van der Waals surface area contributed by atoms with Gasteiger partial charge in [0.05, 0.1) is 5.69 Å². The van der Waals surface area contributed by atoms with Gasteiger partial charge in [-0.25, -0.2) is 4.98 Å². The number of aromatic nitrogens is 1. The molecule has 1 amide bonds. The molecule has 0 aliphatic carbocycles. The Bertz CT molecular complexity index is 718. The fraction of sp³-hybridized carbons (Fsp3) is 0.474. The Hall–Kier alpha value is -1.85. The molecule has 2 fully saturated rings. The fourth-order valence-corrected chi connectivity index (χ4v) is 3.86. The van der Waals surface area contributed by atoms with Gasteiger partial charge in [0.15, 0.2) is 0 Å². The molecular weight excluding hydrogens is 338 g/mol. The first-order valence-electron chi connectivity index (χ1n) is 8.75. The lowest BCUT2D eigenvalue weighted by molar-refractivity contribution is 0.0726. The fourth-order valence-electron chi connectivity index (χ4n) is 3.86. The van der Waals surface area contributed by atoms with Crippen LogP contribution in [0.2, 0.25) is 0 Å². The number of aryl methyl sites for hydroxylation is 1. The highest BCUT2D eigenvalue weighted by molar-refractivity contribution is 5.93. The van der Waals surface area contributed by atoms with Crippen molar-refractivity contribution in [3.63, 3.8) is 0 Å². The Balaban J connectivity index is 0.00000182. The van der Waals surface area contributed by atoms with Crippen LogP contribution in [-0.2, 0) is 0 Å². The van der Waals surface area contributed by atoms with Gasteiger partial charge in [0.2, 0.25) is 11.7 Å². The second-order valence-corrected chi connectivity index (χ2v) is 6.85. The summed E-state index contributed by atoms with van der Waals surface area (Å²) in [6, 6.07) is 9.73. The predicted octanol–water partition coefficient (Wildman–Crippen LogP) is 3.14. The van der Waals surface area contributed by atoms with E-state index in [1.54, 1.807) is 0 Å². The molecule has 0 saturated carbocycles. The van der Waals surface area contributed by atoms with Crippen LogP contribution in [0.1, 0.15) is 29.1 Å². The number of rotatable bonds is 2. The quantitative estimate of drug-likeness (QED) is 0.892. The van der Waals surface area contributed by atoms with Crippen molar-refractivity contribution in [2.75, 3.05) is 26.2 Å². The monoisotopic (exact) mass is 361 g/mol. The standard InChI is InChI=1S/C19H23N3O2.ClH/c1-13-17(24-18(21-13)14-5-3-2-4-6-14)19(23)22-9-7-15-11-20-12-16(15)8-10-22;/h2-6,15-16,20H,7-12H2,1H3;1H/t15-,16+;. The first-order chi connectivity index (χ1) is 11.7. The van der Waals surface area contributed by atoms with Gasteiger partial charge in [0.1, 0.15) is 0 Å². The molecule has 134 valence electrons. The van der Waals surface area contributed by atoms with Crippen LogP contribution in [0.3, 0.4) is 0 Å². The molecule has 2 aliphatic heterocycles. The van der Waals surface area contributed by atoms with Crippen molar-refractivity contribution in [1.29, 1.82) is 0 Å². The average molecular weight is 362 g/mol. The lowest BCUT2D eigenvalue weighted by Gasteiger charge is -2.19. The van der Waals surface area contributed by atoms with Crippen molar-refractivity contribution in [2.45, 2.75) is 19.8 Å². The summed E-state index contributed by atoms with van der Waals surface area (Å²) >= 11 is 0. The lowest BCUT2D eigenvalue weighted by atomic mass is 9.92. The smallest absolute Gasteiger partial charge is 0.291 e. The summed E-state index contributed by atoms with van der Waals surface area (Å²) in [6.07, 6.45) is 2.14. The van der Waals surface area contributed by atoms with Crippen molar-refractivity contribution >= 4 is 18.3 Å². The van der Waals surface area contributed by atoms with E-state index in [2.05, 4.69) is 10.3 Å². The molecule has 0 bridgehead atoms. The van der Waals surface area contributed by atoms with E-state index < -0.39 is 0 Å². The van der Waals surface area contributed by atoms with E-state index in [0.29, 0.717) is 29.2 Å². The first-order valence-corrected chi connectivity index (χ1v) is 8.75.